The maximum atomic E-state index is 13.0. The SMILES string of the molecule is O=S(=O)(Cc1ccccc1)n1cc(C2CCNCC2)c2cccnc21. The second kappa shape index (κ2) is 6.61. The summed E-state index contributed by atoms with van der Waals surface area (Å²) in [6, 6.07) is 13.1. The molecule has 5 nitrogen and oxygen atoms in total. The molecule has 1 aliphatic heterocycles. The van der Waals surface area contributed by atoms with Gasteiger partial charge in [-0.2, -0.15) is 0 Å². The molecule has 25 heavy (non-hydrogen) atoms. The Morgan fingerprint density at radius 2 is 1.84 bits per heavy atom. The topological polar surface area (TPSA) is 64.0 Å². The third-order valence-corrected chi connectivity index (χ3v) is 6.41. The van der Waals surface area contributed by atoms with Crippen LogP contribution in [-0.4, -0.2) is 30.5 Å². The zero-order chi connectivity index (χ0) is 17.3. The van der Waals surface area contributed by atoms with E-state index in [0.717, 1.165) is 42.4 Å². The molecule has 1 N–H and O–H groups in total. The van der Waals surface area contributed by atoms with Crippen LogP contribution in [0.4, 0.5) is 0 Å². The predicted octanol–water partition coefficient (Wildman–Crippen LogP) is 2.88. The van der Waals surface area contributed by atoms with Gasteiger partial charge in [0.15, 0.2) is 5.65 Å². The van der Waals surface area contributed by atoms with E-state index in [1.165, 1.54) is 3.97 Å². The Morgan fingerprint density at radius 1 is 1.08 bits per heavy atom. The van der Waals surface area contributed by atoms with Crippen molar-refractivity contribution >= 4 is 21.1 Å². The highest BCUT2D eigenvalue weighted by Gasteiger charge is 2.25. The minimum Gasteiger partial charge on any atom is -0.317 e. The first-order valence-corrected chi connectivity index (χ1v) is 10.2. The summed E-state index contributed by atoms with van der Waals surface area (Å²) >= 11 is 0. The van der Waals surface area contributed by atoms with E-state index >= 15 is 0 Å². The summed E-state index contributed by atoms with van der Waals surface area (Å²) in [6.45, 7) is 1.93. The average Bonchev–Trinajstić information content (AvgIpc) is 3.04. The summed E-state index contributed by atoms with van der Waals surface area (Å²) in [6.07, 6.45) is 5.49. The van der Waals surface area contributed by atoms with E-state index in [4.69, 9.17) is 0 Å². The molecule has 1 fully saturated rings. The standard InChI is InChI=1S/C19H21N3O2S/c23-25(24,14-15-5-2-1-3-6-15)22-13-18(16-8-11-20-12-9-16)17-7-4-10-21-19(17)22/h1-7,10,13,16,20H,8-9,11-12,14H2. The first-order valence-electron chi connectivity index (χ1n) is 8.59. The van der Waals surface area contributed by atoms with Crippen LogP contribution in [0.25, 0.3) is 11.0 Å². The maximum absolute atomic E-state index is 13.0. The average molecular weight is 355 g/mol. The Kier molecular flexibility index (Phi) is 4.31. The third-order valence-electron chi connectivity index (χ3n) is 4.83. The van der Waals surface area contributed by atoms with Gasteiger partial charge < -0.3 is 5.32 Å². The summed E-state index contributed by atoms with van der Waals surface area (Å²) in [5.41, 5.74) is 2.41. The molecule has 6 heteroatoms. The van der Waals surface area contributed by atoms with Gasteiger partial charge in [-0.15, -0.1) is 0 Å². The van der Waals surface area contributed by atoms with Crippen molar-refractivity contribution in [3.63, 3.8) is 0 Å². The van der Waals surface area contributed by atoms with Crippen molar-refractivity contribution < 1.29 is 8.42 Å². The van der Waals surface area contributed by atoms with Gasteiger partial charge in [0.25, 0.3) is 0 Å². The number of piperidine rings is 1. The molecule has 2 aromatic heterocycles. The van der Waals surface area contributed by atoms with Crippen LogP contribution in [0.2, 0.25) is 0 Å². The second-order valence-corrected chi connectivity index (χ2v) is 8.37. The van der Waals surface area contributed by atoms with Gasteiger partial charge in [-0.25, -0.2) is 17.4 Å². The van der Waals surface area contributed by atoms with Gasteiger partial charge in [-0.1, -0.05) is 30.3 Å². The maximum Gasteiger partial charge on any atom is 0.244 e. The summed E-state index contributed by atoms with van der Waals surface area (Å²) in [5, 5.41) is 4.31. The molecule has 0 radical (unpaired) electrons. The molecule has 0 atom stereocenters. The molecular formula is C19H21N3O2S. The Labute approximate surface area is 147 Å². The lowest BCUT2D eigenvalue weighted by Gasteiger charge is -2.22. The fourth-order valence-electron chi connectivity index (χ4n) is 3.58. The Hall–Kier alpha value is -2.18. The van der Waals surface area contributed by atoms with Crippen molar-refractivity contribution in [3.05, 3.63) is 66.0 Å². The van der Waals surface area contributed by atoms with Crippen molar-refractivity contribution in [1.82, 2.24) is 14.3 Å². The van der Waals surface area contributed by atoms with Crippen LogP contribution in [0.1, 0.15) is 29.9 Å². The molecule has 1 saturated heterocycles. The summed E-state index contributed by atoms with van der Waals surface area (Å²) < 4.78 is 27.4. The highest BCUT2D eigenvalue weighted by atomic mass is 32.2. The van der Waals surface area contributed by atoms with Crippen LogP contribution in [0.3, 0.4) is 0 Å². The van der Waals surface area contributed by atoms with Crippen LogP contribution in [0.15, 0.2) is 54.9 Å². The molecule has 1 aliphatic rings. The van der Waals surface area contributed by atoms with Crippen LogP contribution < -0.4 is 5.32 Å². The van der Waals surface area contributed by atoms with Crippen molar-refractivity contribution in [2.75, 3.05) is 13.1 Å². The normalized spacial score (nSPS) is 16.3. The Bertz CT molecular complexity index is 974. The van der Waals surface area contributed by atoms with Gasteiger partial charge in [0.05, 0.1) is 5.75 Å². The number of nitrogens with zero attached hydrogens (tertiary/aromatic N) is 2. The number of benzene rings is 1. The van der Waals surface area contributed by atoms with Crippen LogP contribution in [0.5, 0.6) is 0 Å². The van der Waals surface area contributed by atoms with Crippen molar-refractivity contribution in [2.45, 2.75) is 24.5 Å². The fourth-order valence-corrected chi connectivity index (χ4v) is 5.02. The van der Waals surface area contributed by atoms with Crippen LogP contribution in [0, 0.1) is 0 Å². The molecule has 0 spiro atoms. The number of hydrogen-bond acceptors (Lipinski definition) is 4. The molecule has 1 aromatic carbocycles. The van der Waals surface area contributed by atoms with Crippen LogP contribution >= 0.6 is 0 Å². The number of fused-ring (bicyclic) bond motifs is 1. The van der Waals surface area contributed by atoms with E-state index in [9.17, 15) is 8.42 Å². The first-order chi connectivity index (χ1) is 12.1. The number of hydrogen-bond donors (Lipinski definition) is 1. The molecule has 0 unspecified atom stereocenters. The number of rotatable bonds is 4. The quantitative estimate of drug-likeness (QED) is 0.782. The van der Waals surface area contributed by atoms with E-state index in [2.05, 4.69) is 10.3 Å². The summed E-state index contributed by atoms with van der Waals surface area (Å²) in [4.78, 5) is 4.37. The van der Waals surface area contributed by atoms with E-state index in [1.54, 1.807) is 12.4 Å². The molecule has 0 saturated carbocycles. The lowest BCUT2D eigenvalue weighted by Crippen LogP contribution is -2.26. The van der Waals surface area contributed by atoms with Crippen molar-refractivity contribution in [2.24, 2.45) is 0 Å². The molecule has 0 amide bonds. The van der Waals surface area contributed by atoms with Crippen molar-refractivity contribution in [1.29, 1.82) is 0 Å². The van der Waals surface area contributed by atoms with Gasteiger partial charge in [-0.3, -0.25) is 0 Å². The summed E-state index contributed by atoms with van der Waals surface area (Å²) in [7, 11) is -3.52. The van der Waals surface area contributed by atoms with Crippen molar-refractivity contribution in [3.8, 4) is 0 Å². The lowest BCUT2D eigenvalue weighted by molar-refractivity contribution is 0.462. The zero-order valence-electron chi connectivity index (χ0n) is 13.9. The monoisotopic (exact) mass is 355 g/mol. The molecule has 3 heterocycles. The number of aromatic nitrogens is 2. The zero-order valence-corrected chi connectivity index (χ0v) is 14.7. The second-order valence-electron chi connectivity index (χ2n) is 6.52. The van der Waals surface area contributed by atoms with E-state index < -0.39 is 10.0 Å². The van der Waals surface area contributed by atoms with Gasteiger partial charge in [-0.05, 0) is 55.1 Å². The van der Waals surface area contributed by atoms with Gasteiger partial charge >= 0.3 is 0 Å². The first kappa shape index (κ1) is 16.3. The number of pyridine rings is 1. The smallest absolute Gasteiger partial charge is 0.244 e. The van der Waals surface area contributed by atoms with Gasteiger partial charge in [0.2, 0.25) is 10.0 Å². The third kappa shape index (κ3) is 3.19. The lowest BCUT2D eigenvalue weighted by atomic mass is 9.90. The highest BCUT2D eigenvalue weighted by molar-refractivity contribution is 7.89. The Balaban J connectivity index is 1.79. The largest absolute Gasteiger partial charge is 0.317 e. The molecule has 3 aromatic rings. The fraction of sp³-hybridized carbons (Fsp3) is 0.316. The summed E-state index contributed by atoms with van der Waals surface area (Å²) in [5.74, 6) is 0.348. The van der Waals surface area contributed by atoms with Gasteiger partial charge in [0.1, 0.15) is 0 Å². The molecule has 0 bridgehead atoms. The minimum absolute atomic E-state index is 0.0279. The van der Waals surface area contributed by atoms with Crippen LogP contribution in [-0.2, 0) is 15.8 Å². The predicted molar refractivity (Wildman–Crippen MR) is 99.0 cm³/mol. The highest BCUT2D eigenvalue weighted by Crippen LogP contribution is 2.33. The van der Waals surface area contributed by atoms with Gasteiger partial charge in [0, 0.05) is 17.8 Å². The number of nitrogens with one attached hydrogen (secondary N) is 1. The molecule has 4 rings (SSSR count). The molecular weight excluding hydrogens is 334 g/mol. The Morgan fingerprint density at radius 3 is 2.60 bits per heavy atom. The minimum atomic E-state index is -3.52. The van der Waals surface area contributed by atoms with E-state index in [0.29, 0.717) is 11.6 Å². The molecule has 0 aliphatic carbocycles. The molecule has 130 valence electrons. The van der Waals surface area contributed by atoms with E-state index in [1.807, 2.05) is 42.5 Å². The van der Waals surface area contributed by atoms with E-state index in [-0.39, 0.29) is 5.75 Å².